The van der Waals surface area contributed by atoms with Crippen LogP contribution in [0.1, 0.15) is 122 Å². The molecule has 0 spiro atoms. The fourth-order valence-corrected chi connectivity index (χ4v) is 3.41. The summed E-state index contributed by atoms with van der Waals surface area (Å²) in [6.07, 6.45) is 21.5. The van der Waals surface area contributed by atoms with E-state index in [1.807, 2.05) is 0 Å². The van der Waals surface area contributed by atoms with Crippen molar-refractivity contribution in [2.45, 2.75) is 122 Å². The van der Waals surface area contributed by atoms with Crippen molar-refractivity contribution in [1.82, 2.24) is 5.32 Å². The first kappa shape index (κ1) is 32.1. The van der Waals surface area contributed by atoms with E-state index < -0.39 is 5.97 Å². The predicted octanol–water partition coefficient (Wildman–Crippen LogP) is 1.91. The molecule has 0 saturated heterocycles. The van der Waals surface area contributed by atoms with Crippen LogP contribution in [0.2, 0.25) is 0 Å². The molecule has 0 aliphatic rings. The summed E-state index contributed by atoms with van der Waals surface area (Å²) in [6.45, 7) is 3.54. The number of aliphatic carboxylic acids is 1. The van der Waals surface area contributed by atoms with Crippen molar-refractivity contribution >= 4 is 11.9 Å². The zero-order chi connectivity index (χ0) is 21.4. The van der Waals surface area contributed by atoms with Gasteiger partial charge in [-0.25, -0.2) is 0 Å². The summed E-state index contributed by atoms with van der Waals surface area (Å²) in [5.74, 6) is -1.30. The number of unbranched alkanes of at least 4 members (excludes halogenated alkanes) is 15. The molecule has 30 heavy (non-hydrogen) atoms. The summed E-state index contributed by atoms with van der Waals surface area (Å²) in [7, 11) is 0. The number of hydrogen-bond donors (Lipinski definition) is 1. The average molecular weight is 436 g/mol. The van der Waals surface area contributed by atoms with Gasteiger partial charge in [-0.2, -0.15) is 0 Å². The van der Waals surface area contributed by atoms with Gasteiger partial charge in [-0.1, -0.05) is 103 Å². The van der Waals surface area contributed by atoms with E-state index >= 15 is 0 Å². The van der Waals surface area contributed by atoms with Crippen LogP contribution in [0.4, 0.5) is 0 Å². The van der Waals surface area contributed by atoms with E-state index in [0.717, 1.165) is 12.8 Å². The second kappa shape index (κ2) is 26.9. The Labute approximate surface area is 207 Å². The second-order valence-electron chi connectivity index (χ2n) is 8.15. The molecule has 172 valence electrons. The van der Waals surface area contributed by atoms with Crippen molar-refractivity contribution < 1.29 is 49.0 Å². The normalized spacial score (nSPS) is 10.6. The van der Waals surface area contributed by atoms with Crippen molar-refractivity contribution in [3.8, 4) is 0 Å². The monoisotopic (exact) mass is 435 g/mol. The Morgan fingerprint density at radius 3 is 1.50 bits per heavy atom. The number of esters is 1. The van der Waals surface area contributed by atoms with Gasteiger partial charge in [-0.15, -0.1) is 0 Å². The van der Waals surface area contributed by atoms with Gasteiger partial charge in [0.25, 0.3) is 0 Å². The second-order valence-corrected chi connectivity index (χ2v) is 8.15. The van der Waals surface area contributed by atoms with E-state index in [1.165, 1.54) is 89.9 Å². The molecule has 5 nitrogen and oxygen atoms in total. The van der Waals surface area contributed by atoms with E-state index in [-0.39, 0.29) is 48.4 Å². The van der Waals surface area contributed by atoms with Gasteiger partial charge in [-0.3, -0.25) is 4.79 Å². The molecule has 0 aliphatic carbocycles. The van der Waals surface area contributed by atoms with Gasteiger partial charge in [0, 0.05) is 19.1 Å². The smallest absolute Gasteiger partial charge is 0.550 e. The van der Waals surface area contributed by atoms with Gasteiger partial charge in [0.05, 0.1) is 13.0 Å². The molecule has 0 aromatic carbocycles. The van der Waals surface area contributed by atoms with Gasteiger partial charge in [0.2, 0.25) is 0 Å². The molecule has 0 fully saturated rings. The van der Waals surface area contributed by atoms with E-state index in [2.05, 4.69) is 12.2 Å². The zero-order valence-electron chi connectivity index (χ0n) is 20.0. The van der Waals surface area contributed by atoms with E-state index in [9.17, 15) is 14.7 Å². The summed E-state index contributed by atoms with van der Waals surface area (Å²) in [4.78, 5) is 21.7. The molecule has 0 bridgehead atoms. The number of hydrogen-bond acceptors (Lipinski definition) is 5. The van der Waals surface area contributed by atoms with Crippen LogP contribution in [0.3, 0.4) is 0 Å². The van der Waals surface area contributed by atoms with Gasteiger partial charge >= 0.3 is 35.5 Å². The summed E-state index contributed by atoms with van der Waals surface area (Å²) >= 11 is 0. The molecule has 0 saturated carbocycles. The SMILES string of the molecule is CCCCCCCCCCCCCCCCCCOC(=O)CCNCCC(=O)[O-].[Na+]. The summed E-state index contributed by atoms with van der Waals surface area (Å²) in [6, 6.07) is 0. The van der Waals surface area contributed by atoms with Gasteiger partial charge in [0.1, 0.15) is 0 Å². The standard InChI is InChI=1S/C24H47NO4.Na/c1-2-3-4-5-6-7-8-9-10-11-12-13-14-15-16-17-22-29-24(28)19-21-25-20-18-23(26)27;/h25H,2-22H2,1H3,(H,26,27);/q;+1/p-1. The van der Waals surface area contributed by atoms with Crippen LogP contribution in [0.5, 0.6) is 0 Å². The van der Waals surface area contributed by atoms with Crippen LogP contribution in [-0.4, -0.2) is 31.6 Å². The van der Waals surface area contributed by atoms with Crippen LogP contribution in [0.15, 0.2) is 0 Å². The van der Waals surface area contributed by atoms with Crippen molar-refractivity contribution in [3.05, 3.63) is 0 Å². The zero-order valence-corrected chi connectivity index (χ0v) is 22.0. The van der Waals surface area contributed by atoms with Crippen molar-refractivity contribution in [2.24, 2.45) is 0 Å². The van der Waals surface area contributed by atoms with Gasteiger partial charge in [0.15, 0.2) is 0 Å². The number of carbonyl (C=O) groups excluding carboxylic acids is 2. The third kappa shape index (κ3) is 27.9. The van der Waals surface area contributed by atoms with Crippen molar-refractivity contribution in [2.75, 3.05) is 19.7 Å². The largest absolute Gasteiger partial charge is 1.00 e. The fourth-order valence-electron chi connectivity index (χ4n) is 3.41. The molecule has 0 unspecified atom stereocenters. The van der Waals surface area contributed by atoms with Crippen LogP contribution in [-0.2, 0) is 14.3 Å². The summed E-state index contributed by atoms with van der Waals surface area (Å²) in [5.41, 5.74) is 0. The average Bonchev–Trinajstić information content (AvgIpc) is 2.69. The molecule has 0 heterocycles. The summed E-state index contributed by atoms with van der Waals surface area (Å²) < 4.78 is 5.18. The number of nitrogens with one attached hydrogen (secondary N) is 1. The molecular weight excluding hydrogens is 389 g/mol. The van der Waals surface area contributed by atoms with E-state index in [0.29, 0.717) is 19.7 Å². The first-order valence-electron chi connectivity index (χ1n) is 12.2. The number of carboxylic acid groups (broad SMARTS) is 1. The molecule has 0 rings (SSSR count). The Kier molecular flexibility index (Phi) is 28.8. The first-order chi connectivity index (χ1) is 14.2. The van der Waals surface area contributed by atoms with Crippen LogP contribution in [0, 0.1) is 0 Å². The van der Waals surface area contributed by atoms with Crippen molar-refractivity contribution in [3.63, 3.8) is 0 Å². The Balaban J connectivity index is 0. The molecule has 0 radical (unpaired) electrons. The maximum Gasteiger partial charge on any atom is 1.00 e. The molecule has 1 N–H and O–H groups in total. The summed E-state index contributed by atoms with van der Waals surface area (Å²) in [5, 5.41) is 13.1. The fraction of sp³-hybridized carbons (Fsp3) is 0.917. The van der Waals surface area contributed by atoms with Crippen LogP contribution >= 0.6 is 0 Å². The third-order valence-corrected chi connectivity index (χ3v) is 5.27. The maximum absolute atomic E-state index is 11.5. The molecule has 0 aromatic rings. The minimum Gasteiger partial charge on any atom is -0.550 e. The Morgan fingerprint density at radius 2 is 1.07 bits per heavy atom. The Bertz CT molecular complexity index is 380. The molecule has 0 amide bonds. The number of carboxylic acids is 1. The van der Waals surface area contributed by atoms with Crippen molar-refractivity contribution in [1.29, 1.82) is 0 Å². The molecule has 0 aliphatic heterocycles. The molecular formula is C24H46NNaO4. The quantitative estimate of drug-likeness (QED) is 0.151. The van der Waals surface area contributed by atoms with Crippen LogP contribution in [0.25, 0.3) is 0 Å². The number of carbonyl (C=O) groups is 2. The molecule has 6 heteroatoms. The first-order valence-corrected chi connectivity index (χ1v) is 12.2. The topological polar surface area (TPSA) is 78.5 Å². The third-order valence-electron chi connectivity index (χ3n) is 5.27. The number of ether oxygens (including phenoxy) is 1. The van der Waals surface area contributed by atoms with E-state index in [1.54, 1.807) is 0 Å². The van der Waals surface area contributed by atoms with Gasteiger partial charge < -0.3 is 20.0 Å². The minimum absolute atomic E-state index is 0. The molecule has 0 aromatic heterocycles. The van der Waals surface area contributed by atoms with Crippen LogP contribution < -0.4 is 40.0 Å². The maximum atomic E-state index is 11.5. The Hall–Kier alpha value is -0.100. The predicted molar refractivity (Wildman–Crippen MR) is 118 cm³/mol. The molecule has 0 atom stereocenters. The number of rotatable bonds is 23. The van der Waals surface area contributed by atoms with E-state index in [4.69, 9.17) is 4.74 Å². The Morgan fingerprint density at radius 1 is 0.667 bits per heavy atom. The minimum atomic E-state index is -1.08. The van der Waals surface area contributed by atoms with Gasteiger partial charge in [-0.05, 0) is 12.8 Å².